The van der Waals surface area contributed by atoms with Gasteiger partial charge in [-0.2, -0.15) is 0 Å². The Labute approximate surface area is 147 Å². The summed E-state index contributed by atoms with van der Waals surface area (Å²) in [7, 11) is 0. The van der Waals surface area contributed by atoms with Gasteiger partial charge in [0.2, 0.25) is 0 Å². The Morgan fingerprint density at radius 1 is 1.16 bits per heavy atom. The maximum Gasteiger partial charge on any atom is 0.274 e. The number of imidazole rings is 1. The fourth-order valence-electron chi connectivity index (χ4n) is 3.15. The molecule has 0 saturated heterocycles. The number of rotatable bonds is 5. The molecule has 2 aliphatic rings. The predicted molar refractivity (Wildman–Crippen MR) is 90.8 cm³/mol. The van der Waals surface area contributed by atoms with Gasteiger partial charge in [0.25, 0.3) is 5.91 Å². The molecule has 0 bridgehead atoms. The molecule has 0 unspecified atom stereocenters. The van der Waals surface area contributed by atoms with Crippen molar-refractivity contribution in [2.75, 3.05) is 19.8 Å². The third kappa shape index (κ3) is 3.87. The zero-order valence-corrected chi connectivity index (χ0v) is 14.5. The van der Waals surface area contributed by atoms with Crippen LogP contribution in [0.4, 0.5) is 0 Å². The van der Waals surface area contributed by atoms with Crippen molar-refractivity contribution in [3.63, 3.8) is 0 Å². The van der Waals surface area contributed by atoms with Gasteiger partial charge in [0.05, 0.1) is 25.0 Å². The average molecular weight is 341 g/mol. The van der Waals surface area contributed by atoms with Gasteiger partial charge in [-0.1, -0.05) is 0 Å². The first kappa shape index (κ1) is 16.2. The number of amides is 1. The van der Waals surface area contributed by atoms with Gasteiger partial charge in [0, 0.05) is 44.2 Å². The van der Waals surface area contributed by atoms with Crippen molar-refractivity contribution in [1.29, 1.82) is 0 Å². The Morgan fingerprint density at radius 3 is 2.76 bits per heavy atom. The SMILES string of the molecule is Cc1cnc(C(=O)N2Cc3nccn3C[C@H](COCC3CC3)C2)cn1. The molecule has 2 aromatic rings. The summed E-state index contributed by atoms with van der Waals surface area (Å²) < 4.78 is 8.02. The fraction of sp³-hybridized carbons (Fsp3) is 0.556. The highest BCUT2D eigenvalue weighted by molar-refractivity contribution is 5.91. The molecule has 0 spiro atoms. The van der Waals surface area contributed by atoms with Crippen LogP contribution in [0.15, 0.2) is 24.8 Å². The van der Waals surface area contributed by atoms with E-state index in [1.807, 2.05) is 18.0 Å². The number of hydrogen-bond acceptors (Lipinski definition) is 5. The first-order valence-corrected chi connectivity index (χ1v) is 8.84. The van der Waals surface area contributed by atoms with Crippen LogP contribution in [0.2, 0.25) is 0 Å². The van der Waals surface area contributed by atoms with Gasteiger partial charge in [-0.3, -0.25) is 9.78 Å². The van der Waals surface area contributed by atoms with Crippen molar-refractivity contribution in [2.24, 2.45) is 11.8 Å². The van der Waals surface area contributed by atoms with E-state index in [0.29, 0.717) is 25.4 Å². The summed E-state index contributed by atoms with van der Waals surface area (Å²) in [5.41, 5.74) is 1.18. The molecule has 3 heterocycles. The van der Waals surface area contributed by atoms with Crippen molar-refractivity contribution in [3.8, 4) is 0 Å². The van der Waals surface area contributed by atoms with E-state index in [9.17, 15) is 4.79 Å². The van der Waals surface area contributed by atoms with Crippen molar-refractivity contribution < 1.29 is 9.53 Å². The summed E-state index contributed by atoms with van der Waals surface area (Å²) in [6.45, 7) is 5.31. The first-order valence-electron chi connectivity index (χ1n) is 8.84. The smallest absolute Gasteiger partial charge is 0.274 e. The van der Waals surface area contributed by atoms with Gasteiger partial charge >= 0.3 is 0 Å². The summed E-state index contributed by atoms with van der Waals surface area (Å²) in [5, 5.41) is 0. The zero-order chi connectivity index (χ0) is 17.2. The Hall–Kier alpha value is -2.28. The molecular weight excluding hydrogens is 318 g/mol. The molecule has 7 heteroatoms. The summed E-state index contributed by atoms with van der Waals surface area (Å²) in [6.07, 6.45) is 9.51. The molecule has 2 aromatic heterocycles. The van der Waals surface area contributed by atoms with E-state index in [4.69, 9.17) is 4.74 Å². The Morgan fingerprint density at radius 2 is 2.00 bits per heavy atom. The predicted octanol–water partition coefficient (Wildman–Crippen LogP) is 1.68. The Kier molecular flexibility index (Phi) is 4.48. The van der Waals surface area contributed by atoms with E-state index in [-0.39, 0.29) is 11.8 Å². The normalized spacial score (nSPS) is 20.2. The zero-order valence-electron chi connectivity index (χ0n) is 14.5. The highest BCUT2D eigenvalue weighted by Gasteiger charge is 2.28. The van der Waals surface area contributed by atoms with Crippen molar-refractivity contribution in [2.45, 2.75) is 32.9 Å². The molecule has 25 heavy (non-hydrogen) atoms. The minimum atomic E-state index is -0.101. The lowest BCUT2D eigenvalue weighted by atomic mass is 10.1. The monoisotopic (exact) mass is 341 g/mol. The van der Waals surface area contributed by atoms with Crippen LogP contribution in [0.1, 0.15) is 34.8 Å². The Bertz CT molecular complexity index is 738. The quantitative estimate of drug-likeness (QED) is 0.827. The summed E-state index contributed by atoms with van der Waals surface area (Å²) >= 11 is 0. The first-order chi connectivity index (χ1) is 12.2. The number of aryl methyl sites for hydroxylation is 1. The third-order valence-corrected chi connectivity index (χ3v) is 4.76. The van der Waals surface area contributed by atoms with Crippen LogP contribution in [0.5, 0.6) is 0 Å². The number of carbonyl (C=O) groups excluding carboxylic acids is 1. The van der Waals surface area contributed by atoms with Crippen molar-refractivity contribution in [1.82, 2.24) is 24.4 Å². The maximum absolute atomic E-state index is 12.9. The maximum atomic E-state index is 12.9. The van der Waals surface area contributed by atoms with E-state index in [2.05, 4.69) is 19.5 Å². The number of carbonyl (C=O) groups is 1. The second-order valence-electron chi connectivity index (χ2n) is 7.07. The molecule has 1 fully saturated rings. The molecule has 1 aliphatic carbocycles. The van der Waals surface area contributed by atoms with Gasteiger partial charge in [-0.15, -0.1) is 0 Å². The van der Waals surface area contributed by atoms with Crippen LogP contribution in [-0.4, -0.2) is 50.1 Å². The van der Waals surface area contributed by atoms with E-state index in [0.717, 1.165) is 30.6 Å². The second-order valence-corrected chi connectivity index (χ2v) is 7.07. The lowest BCUT2D eigenvalue weighted by molar-refractivity contribution is 0.0567. The molecule has 1 saturated carbocycles. The lowest BCUT2D eigenvalue weighted by Crippen LogP contribution is -2.36. The van der Waals surface area contributed by atoms with Crippen LogP contribution >= 0.6 is 0 Å². The van der Waals surface area contributed by atoms with Crippen LogP contribution in [0.25, 0.3) is 0 Å². The summed E-state index contributed by atoms with van der Waals surface area (Å²) in [4.78, 5) is 27.5. The molecule has 1 aliphatic heterocycles. The molecule has 4 rings (SSSR count). The highest BCUT2D eigenvalue weighted by Crippen LogP contribution is 2.29. The van der Waals surface area contributed by atoms with Gasteiger partial charge in [-0.05, 0) is 25.7 Å². The Balaban J connectivity index is 1.49. The summed E-state index contributed by atoms with van der Waals surface area (Å²) in [6, 6.07) is 0. The molecular formula is C18H23N5O2. The van der Waals surface area contributed by atoms with Crippen molar-refractivity contribution in [3.05, 3.63) is 42.0 Å². The molecule has 0 radical (unpaired) electrons. The van der Waals surface area contributed by atoms with Crippen molar-refractivity contribution >= 4 is 5.91 Å². The number of hydrogen-bond donors (Lipinski definition) is 0. The van der Waals surface area contributed by atoms with Gasteiger partial charge < -0.3 is 14.2 Å². The van der Waals surface area contributed by atoms with Crippen LogP contribution in [-0.2, 0) is 17.8 Å². The molecule has 0 aromatic carbocycles. The third-order valence-electron chi connectivity index (χ3n) is 4.76. The van der Waals surface area contributed by atoms with Gasteiger partial charge in [-0.25, -0.2) is 9.97 Å². The van der Waals surface area contributed by atoms with E-state index < -0.39 is 0 Å². The molecule has 0 N–H and O–H groups in total. The largest absolute Gasteiger partial charge is 0.381 e. The minimum Gasteiger partial charge on any atom is -0.381 e. The molecule has 7 nitrogen and oxygen atoms in total. The molecule has 1 amide bonds. The number of nitrogens with zero attached hydrogens (tertiary/aromatic N) is 5. The average Bonchev–Trinajstić information content (AvgIpc) is 3.37. The number of aromatic nitrogens is 4. The lowest BCUT2D eigenvalue weighted by Gasteiger charge is -2.23. The number of ether oxygens (including phenoxy) is 1. The van der Waals surface area contributed by atoms with Crippen LogP contribution < -0.4 is 0 Å². The molecule has 1 atom stereocenters. The summed E-state index contributed by atoms with van der Waals surface area (Å²) in [5.74, 6) is 1.79. The van der Waals surface area contributed by atoms with Gasteiger partial charge in [0.15, 0.2) is 0 Å². The van der Waals surface area contributed by atoms with Crippen LogP contribution in [0.3, 0.4) is 0 Å². The van der Waals surface area contributed by atoms with E-state index >= 15 is 0 Å². The highest BCUT2D eigenvalue weighted by atomic mass is 16.5. The minimum absolute atomic E-state index is 0.101. The fourth-order valence-corrected chi connectivity index (χ4v) is 3.15. The molecule has 132 valence electrons. The van der Waals surface area contributed by atoms with Crippen LogP contribution in [0, 0.1) is 18.8 Å². The van der Waals surface area contributed by atoms with E-state index in [1.54, 1.807) is 18.6 Å². The number of fused-ring (bicyclic) bond motifs is 1. The van der Waals surface area contributed by atoms with Gasteiger partial charge in [0.1, 0.15) is 11.5 Å². The standard InChI is InChI=1S/C18H23N5O2/c1-13-6-21-16(7-20-13)18(24)23-9-15(12-25-11-14-2-3-14)8-22-5-4-19-17(22)10-23/h4-7,14-15H,2-3,8-12H2,1H3/t15-/m0/s1. The van der Waals surface area contributed by atoms with E-state index in [1.165, 1.54) is 12.8 Å². The topological polar surface area (TPSA) is 73.1 Å². The second kappa shape index (κ2) is 6.92.